The normalized spacial score (nSPS) is 9.92. The molecule has 0 N–H and O–H groups in total. The van der Waals surface area contributed by atoms with Gasteiger partial charge in [-0.25, -0.2) is 4.79 Å². The van der Waals surface area contributed by atoms with E-state index in [2.05, 4.69) is 11.8 Å². The lowest BCUT2D eigenvalue weighted by molar-refractivity contribution is 0.367. The van der Waals surface area contributed by atoms with E-state index in [1.807, 2.05) is 12.1 Å². The molecule has 2 rings (SSSR count). The lowest BCUT2D eigenvalue weighted by Crippen LogP contribution is -2.40. The summed E-state index contributed by atoms with van der Waals surface area (Å²) in [5.41, 5.74) is -0.294. The Labute approximate surface area is 146 Å². The van der Waals surface area contributed by atoms with Gasteiger partial charge in [0, 0.05) is 27.3 Å². The smallest absolute Gasteiger partial charge is 0.330 e. The fourth-order valence-corrected chi connectivity index (χ4v) is 2.15. The van der Waals surface area contributed by atoms with Crippen LogP contribution in [-0.4, -0.2) is 36.4 Å². The fourth-order valence-electron chi connectivity index (χ4n) is 2.15. The Morgan fingerprint density at radius 3 is 2.36 bits per heavy atom. The standard InChI is InChI=1S/C18H21N3O4/c1-19(16-13-20(2)18(23)21(3)17(16)22)11-5-6-12-25-15-9-7-14(24-4)8-10-15/h7-10,13H,11-12H2,1-4H3. The Hall–Kier alpha value is -3.14. The van der Waals surface area contributed by atoms with Crippen molar-refractivity contribution in [2.45, 2.75) is 0 Å². The molecule has 1 aromatic heterocycles. The molecule has 0 bridgehead atoms. The van der Waals surface area contributed by atoms with Gasteiger partial charge in [-0.2, -0.15) is 0 Å². The summed E-state index contributed by atoms with van der Waals surface area (Å²) in [6, 6.07) is 7.24. The molecule has 2 aromatic rings. The zero-order chi connectivity index (χ0) is 18.4. The van der Waals surface area contributed by atoms with Crippen molar-refractivity contribution in [2.24, 2.45) is 14.1 Å². The maximum absolute atomic E-state index is 12.1. The van der Waals surface area contributed by atoms with E-state index in [0.29, 0.717) is 18.0 Å². The average molecular weight is 343 g/mol. The first kappa shape index (κ1) is 18.2. The highest BCUT2D eigenvalue weighted by Gasteiger charge is 2.09. The molecule has 0 aliphatic carbocycles. The zero-order valence-electron chi connectivity index (χ0n) is 14.8. The molecule has 0 aliphatic heterocycles. The van der Waals surface area contributed by atoms with Crippen molar-refractivity contribution >= 4 is 5.69 Å². The maximum Gasteiger partial charge on any atom is 0.330 e. The number of aromatic nitrogens is 2. The van der Waals surface area contributed by atoms with Gasteiger partial charge < -0.3 is 18.9 Å². The second kappa shape index (κ2) is 8.11. The molecule has 0 atom stereocenters. The molecule has 1 heterocycles. The largest absolute Gasteiger partial charge is 0.497 e. The summed E-state index contributed by atoms with van der Waals surface area (Å²) < 4.78 is 13.0. The quantitative estimate of drug-likeness (QED) is 0.745. The van der Waals surface area contributed by atoms with Crippen LogP contribution in [0.2, 0.25) is 0 Å². The van der Waals surface area contributed by atoms with Crippen LogP contribution in [0.25, 0.3) is 0 Å². The molecule has 7 nitrogen and oxygen atoms in total. The number of nitrogens with zero attached hydrogens (tertiary/aromatic N) is 3. The van der Waals surface area contributed by atoms with Gasteiger partial charge >= 0.3 is 5.69 Å². The first-order valence-corrected chi connectivity index (χ1v) is 7.64. The van der Waals surface area contributed by atoms with E-state index in [0.717, 1.165) is 10.3 Å². The molecule has 0 saturated heterocycles. The molecule has 0 spiro atoms. The topological polar surface area (TPSA) is 65.7 Å². The van der Waals surface area contributed by atoms with Crippen LogP contribution >= 0.6 is 0 Å². The van der Waals surface area contributed by atoms with Gasteiger partial charge in [0.1, 0.15) is 23.8 Å². The molecule has 0 saturated carbocycles. The van der Waals surface area contributed by atoms with Crippen molar-refractivity contribution < 1.29 is 9.47 Å². The van der Waals surface area contributed by atoms with Gasteiger partial charge in [-0.15, -0.1) is 0 Å². The highest BCUT2D eigenvalue weighted by molar-refractivity contribution is 5.42. The van der Waals surface area contributed by atoms with E-state index in [1.54, 1.807) is 38.2 Å². The molecule has 25 heavy (non-hydrogen) atoms. The van der Waals surface area contributed by atoms with Crippen molar-refractivity contribution in [3.63, 3.8) is 0 Å². The first-order chi connectivity index (χ1) is 11.9. The Morgan fingerprint density at radius 1 is 1.08 bits per heavy atom. The number of hydrogen-bond donors (Lipinski definition) is 0. The van der Waals surface area contributed by atoms with Crippen molar-refractivity contribution in [2.75, 3.05) is 32.2 Å². The Kier molecular flexibility index (Phi) is 5.90. The molecular weight excluding hydrogens is 322 g/mol. The van der Waals surface area contributed by atoms with Crippen LogP contribution in [0.3, 0.4) is 0 Å². The Morgan fingerprint density at radius 2 is 1.72 bits per heavy atom. The Balaban J connectivity index is 1.94. The summed E-state index contributed by atoms with van der Waals surface area (Å²) >= 11 is 0. The predicted molar refractivity (Wildman–Crippen MR) is 96.5 cm³/mol. The second-order valence-electron chi connectivity index (χ2n) is 5.45. The number of ether oxygens (including phenoxy) is 2. The van der Waals surface area contributed by atoms with Gasteiger partial charge in [-0.1, -0.05) is 11.8 Å². The summed E-state index contributed by atoms with van der Waals surface area (Å²) in [5.74, 6) is 7.32. The van der Waals surface area contributed by atoms with Gasteiger partial charge in [0.2, 0.25) is 0 Å². The molecule has 132 valence electrons. The van der Waals surface area contributed by atoms with Crippen molar-refractivity contribution in [1.29, 1.82) is 0 Å². The third-order valence-electron chi connectivity index (χ3n) is 3.65. The number of rotatable bonds is 5. The highest BCUT2D eigenvalue weighted by atomic mass is 16.5. The summed E-state index contributed by atoms with van der Waals surface area (Å²) in [7, 11) is 6.42. The molecule has 0 radical (unpaired) electrons. The van der Waals surface area contributed by atoms with Gasteiger partial charge in [0.05, 0.1) is 13.7 Å². The minimum atomic E-state index is -0.360. The molecular formula is C18H21N3O4. The van der Waals surface area contributed by atoms with E-state index < -0.39 is 0 Å². The summed E-state index contributed by atoms with van der Waals surface area (Å²) in [4.78, 5) is 25.5. The lowest BCUT2D eigenvalue weighted by atomic mass is 10.3. The van der Waals surface area contributed by atoms with Crippen LogP contribution in [0.15, 0.2) is 40.1 Å². The fraction of sp³-hybridized carbons (Fsp3) is 0.333. The monoisotopic (exact) mass is 343 g/mol. The Bertz CT molecular complexity index is 901. The third kappa shape index (κ3) is 4.44. The van der Waals surface area contributed by atoms with Crippen LogP contribution in [0.1, 0.15) is 0 Å². The first-order valence-electron chi connectivity index (χ1n) is 7.64. The molecule has 0 fully saturated rings. The van der Waals surface area contributed by atoms with Crippen LogP contribution in [-0.2, 0) is 14.1 Å². The van der Waals surface area contributed by atoms with Gasteiger partial charge in [-0.05, 0) is 24.3 Å². The van der Waals surface area contributed by atoms with Gasteiger partial charge in [-0.3, -0.25) is 9.36 Å². The summed E-state index contributed by atoms with van der Waals surface area (Å²) in [6.45, 7) is 0.588. The van der Waals surface area contributed by atoms with E-state index in [-0.39, 0.29) is 17.9 Å². The third-order valence-corrected chi connectivity index (χ3v) is 3.65. The van der Waals surface area contributed by atoms with E-state index >= 15 is 0 Å². The molecule has 7 heteroatoms. The van der Waals surface area contributed by atoms with Crippen molar-refractivity contribution in [3.8, 4) is 23.3 Å². The van der Waals surface area contributed by atoms with Gasteiger partial charge in [0.15, 0.2) is 0 Å². The van der Waals surface area contributed by atoms with Crippen LogP contribution in [0.5, 0.6) is 11.5 Å². The molecule has 1 aromatic carbocycles. The predicted octanol–water partition coefficient (Wildman–Crippen LogP) is 0.611. The zero-order valence-corrected chi connectivity index (χ0v) is 14.8. The van der Waals surface area contributed by atoms with Crippen LogP contribution in [0.4, 0.5) is 5.69 Å². The lowest BCUT2D eigenvalue weighted by Gasteiger charge is -2.16. The number of hydrogen-bond acceptors (Lipinski definition) is 5. The van der Waals surface area contributed by atoms with E-state index in [1.165, 1.54) is 17.8 Å². The van der Waals surface area contributed by atoms with Crippen molar-refractivity contribution in [3.05, 3.63) is 51.3 Å². The molecule has 0 amide bonds. The highest BCUT2D eigenvalue weighted by Crippen LogP contribution is 2.16. The average Bonchev–Trinajstić information content (AvgIpc) is 2.63. The molecule has 0 aliphatic rings. The number of anilines is 1. The summed E-state index contributed by atoms with van der Waals surface area (Å²) in [5, 5.41) is 0. The van der Waals surface area contributed by atoms with Crippen molar-refractivity contribution in [1.82, 2.24) is 9.13 Å². The minimum Gasteiger partial charge on any atom is -0.497 e. The van der Waals surface area contributed by atoms with E-state index in [9.17, 15) is 9.59 Å². The minimum absolute atomic E-state index is 0.242. The number of methoxy groups -OCH3 is 1. The van der Waals surface area contributed by atoms with Gasteiger partial charge in [0.25, 0.3) is 5.56 Å². The van der Waals surface area contributed by atoms with E-state index in [4.69, 9.17) is 9.47 Å². The SMILES string of the molecule is COc1ccc(OCC#CCN(C)c2cn(C)c(=O)n(C)c2=O)cc1. The summed E-state index contributed by atoms with van der Waals surface area (Å²) in [6.07, 6.45) is 1.51. The second-order valence-corrected chi connectivity index (χ2v) is 5.45. The van der Waals surface area contributed by atoms with Crippen LogP contribution in [0, 0.1) is 11.8 Å². The molecule has 0 unspecified atom stereocenters. The van der Waals surface area contributed by atoms with Crippen LogP contribution < -0.4 is 25.6 Å². The number of aryl methyl sites for hydroxylation is 1. The number of benzene rings is 1. The maximum atomic E-state index is 12.1.